The second kappa shape index (κ2) is 6.33. The third-order valence-corrected chi connectivity index (χ3v) is 3.69. The summed E-state index contributed by atoms with van der Waals surface area (Å²) >= 11 is 0. The third kappa shape index (κ3) is 4.26. The molecule has 2 fully saturated rings. The molecule has 1 aliphatic carbocycles. The first-order chi connectivity index (χ1) is 8.24. The Bertz CT molecular complexity index is 245. The lowest BCUT2D eigenvalue weighted by atomic mass is 10.2. The fourth-order valence-electron chi connectivity index (χ4n) is 2.50. The van der Waals surface area contributed by atoms with Crippen molar-refractivity contribution in [1.29, 1.82) is 0 Å². The maximum Gasteiger partial charge on any atom is 0.248 e. The van der Waals surface area contributed by atoms with Gasteiger partial charge in [-0.2, -0.15) is 0 Å². The van der Waals surface area contributed by atoms with E-state index in [0.29, 0.717) is 12.6 Å². The van der Waals surface area contributed by atoms with Gasteiger partial charge in [-0.1, -0.05) is 12.8 Å². The molecule has 1 aliphatic heterocycles. The van der Waals surface area contributed by atoms with Crippen molar-refractivity contribution < 1.29 is 4.79 Å². The van der Waals surface area contributed by atoms with E-state index in [1.807, 2.05) is 5.01 Å². The van der Waals surface area contributed by atoms with Crippen LogP contribution in [-0.4, -0.2) is 61.6 Å². The average Bonchev–Trinajstić information content (AvgIpc) is 2.83. The molecule has 0 aromatic carbocycles. The molecule has 2 rings (SSSR count). The molecule has 17 heavy (non-hydrogen) atoms. The maximum absolute atomic E-state index is 11.7. The van der Waals surface area contributed by atoms with Crippen molar-refractivity contribution in [1.82, 2.24) is 20.7 Å². The smallest absolute Gasteiger partial charge is 0.248 e. The van der Waals surface area contributed by atoms with Crippen molar-refractivity contribution in [2.75, 3.05) is 39.8 Å². The minimum atomic E-state index is 0.0986. The molecule has 5 nitrogen and oxygen atoms in total. The van der Waals surface area contributed by atoms with E-state index in [9.17, 15) is 4.79 Å². The summed E-state index contributed by atoms with van der Waals surface area (Å²) in [7, 11) is 2.11. The normalized spacial score (nSPS) is 24.1. The van der Waals surface area contributed by atoms with Crippen LogP contribution in [0.2, 0.25) is 0 Å². The first kappa shape index (κ1) is 12.8. The van der Waals surface area contributed by atoms with Crippen molar-refractivity contribution in [2.24, 2.45) is 0 Å². The highest BCUT2D eigenvalue weighted by Gasteiger charge is 2.18. The third-order valence-electron chi connectivity index (χ3n) is 3.69. The lowest BCUT2D eigenvalue weighted by molar-refractivity contribution is -0.125. The molecule has 0 atom stereocenters. The van der Waals surface area contributed by atoms with Crippen molar-refractivity contribution in [2.45, 2.75) is 31.7 Å². The largest absolute Gasteiger partial charge is 0.306 e. The van der Waals surface area contributed by atoms with Crippen molar-refractivity contribution in [3.05, 3.63) is 0 Å². The highest BCUT2D eigenvalue weighted by molar-refractivity contribution is 5.77. The lowest BCUT2D eigenvalue weighted by Gasteiger charge is -2.32. The summed E-state index contributed by atoms with van der Waals surface area (Å²) in [5, 5.41) is 5.36. The van der Waals surface area contributed by atoms with Gasteiger partial charge in [0.2, 0.25) is 5.91 Å². The molecule has 5 heteroatoms. The number of hydrogen-bond acceptors (Lipinski definition) is 4. The Kier molecular flexibility index (Phi) is 4.76. The summed E-state index contributed by atoms with van der Waals surface area (Å²) in [6.07, 6.45) is 5.05. The van der Waals surface area contributed by atoms with Gasteiger partial charge in [0.05, 0.1) is 6.54 Å². The number of piperazine rings is 1. The SMILES string of the molecule is CN1CCN(NC(=O)CNC2CCCC2)CC1. The zero-order valence-corrected chi connectivity index (χ0v) is 10.7. The van der Waals surface area contributed by atoms with Crippen LogP contribution in [-0.2, 0) is 4.79 Å². The van der Waals surface area contributed by atoms with Crippen molar-refractivity contribution in [3.8, 4) is 0 Å². The highest BCUT2D eigenvalue weighted by Crippen LogP contribution is 2.17. The number of amides is 1. The fraction of sp³-hybridized carbons (Fsp3) is 0.917. The van der Waals surface area contributed by atoms with Gasteiger partial charge in [0, 0.05) is 32.2 Å². The predicted molar refractivity (Wildman–Crippen MR) is 67.5 cm³/mol. The Balaban J connectivity index is 1.60. The van der Waals surface area contributed by atoms with Crippen LogP contribution < -0.4 is 10.7 Å². The molecule has 0 spiro atoms. The van der Waals surface area contributed by atoms with Crippen molar-refractivity contribution >= 4 is 5.91 Å². The number of rotatable bonds is 4. The first-order valence-electron chi connectivity index (χ1n) is 6.70. The van der Waals surface area contributed by atoms with Crippen LogP contribution in [0.4, 0.5) is 0 Å². The van der Waals surface area contributed by atoms with Crippen LogP contribution in [0.1, 0.15) is 25.7 Å². The minimum Gasteiger partial charge on any atom is -0.306 e. The Morgan fingerprint density at radius 1 is 1.18 bits per heavy atom. The van der Waals surface area contributed by atoms with Gasteiger partial charge in [0.15, 0.2) is 0 Å². The van der Waals surface area contributed by atoms with Crippen LogP contribution in [0.3, 0.4) is 0 Å². The van der Waals surface area contributed by atoms with E-state index in [1.54, 1.807) is 0 Å². The number of likely N-dealkylation sites (N-methyl/N-ethyl adjacent to an activating group) is 1. The molecule has 1 saturated heterocycles. The molecule has 0 bridgehead atoms. The molecule has 2 aliphatic rings. The fourth-order valence-corrected chi connectivity index (χ4v) is 2.50. The van der Waals surface area contributed by atoms with Crippen LogP contribution in [0.5, 0.6) is 0 Å². The van der Waals surface area contributed by atoms with E-state index < -0.39 is 0 Å². The minimum absolute atomic E-state index is 0.0986. The van der Waals surface area contributed by atoms with Gasteiger partial charge in [-0.3, -0.25) is 10.2 Å². The monoisotopic (exact) mass is 240 g/mol. The Morgan fingerprint density at radius 3 is 2.47 bits per heavy atom. The molecule has 98 valence electrons. The van der Waals surface area contributed by atoms with Gasteiger partial charge in [-0.25, -0.2) is 5.01 Å². The Morgan fingerprint density at radius 2 is 1.82 bits per heavy atom. The first-order valence-corrected chi connectivity index (χ1v) is 6.70. The molecule has 0 radical (unpaired) electrons. The van der Waals surface area contributed by atoms with E-state index in [0.717, 1.165) is 26.2 Å². The molecular formula is C12H24N4O. The van der Waals surface area contributed by atoms with E-state index in [-0.39, 0.29) is 5.91 Å². The molecule has 1 heterocycles. The zero-order chi connectivity index (χ0) is 12.1. The van der Waals surface area contributed by atoms with Crippen molar-refractivity contribution in [3.63, 3.8) is 0 Å². The van der Waals surface area contributed by atoms with Gasteiger partial charge in [0.1, 0.15) is 0 Å². The van der Waals surface area contributed by atoms with E-state index in [2.05, 4.69) is 22.7 Å². The Labute approximate surface area is 103 Å². The second-order valence-corrected chi connectivity index (χ2v) is 5.19. The summed E-state index contributed by atoms with van der Waals surface area (Å²) in [5.74, 6) is 0.0986. The second-order valence-electron chi connectivity index (χ2n) is 5.19. The van der Waals surface area contributed by atoms with Crippen LogP contribution in [0, 0.1) is 0 Å². The summed E-state index contributed by atoms with van der Waals surface area (Å²) in [6, 6.07) is 0.563. The summed E-state index contributed by atoms with van der Waals surface area (Å²) < 4.78 is 0. The number of carbonyl (C=O) groups is 1. The quantitative estimate of drug-likeness (QED) is 0.714. The zero-order valence-electron chi connectivity index (χ0n) is 10.7. The molecule has 1 saturated carbocycles. The van der Waals surface area contributed by atoms with Gasteiger partial charge < -0.3 is 10.2 Å². The van der Waals surface area contributed by atoms with Gasteiger partial charge in [-0.05, 0) is 19.9 Å². The maximum atomic E-state index is 11.7. The lowest BCUT2D eigenvalue weighted by Crippen LogP contribution is -2.54. The number of hydrogen-bond donors (Lipinski definition) is 2. The number of nitrogens with zero attached hydrogens (tertiary/aromatic N) is 2. The van der Waals surface area contributed by atoms with E-state index in [4.69, 9.17) is 0 Å². The van der Waals surface area contributed by atoms with Gasteiger partial charge in [-0.15, -0.1) is 0 Å². The molecule has 0 aromatic heterocycles. The average molecular weight is 240 g/mol. The van der Waals surface area contributed by atoms with Crippen LogP contribution >= 0.6 is 0 Å². The molecule has 0 unspecified atom stereocenters. The summed E-state index contributed by atoms with van der Waals surface area (Å²) in [6.45, 7) is 4.35. The number of nitrogens with one attached hydrogen (secondary N) is 2. The van der Waals surface area contributed by atoms with Gasteiger partial charge in [0.25, 0.3) is 0 Å². The predicted octanol–water partition coefficient (Wildman–Crippen LogP) is -0.203. The van der Waals surface area contributed by atoms with Gasteiger partial charge >= 0.3 is 0 Å². The van der Waals surface area contributed by atoms with Crippen LogP contribution in [0.15, 0.2) is 0 Å². The molecular weight excluding hydrogens is 216 g/mol. The number of carbonyl (C=O) groups excluding carboxylic acids is 1. The van der Waals surface area contributed by atoms with E-state index in [1.165, 1.54) is 25.7 Å². The molecule has 2 N–H and O–H groups in total. The number of hydrazine groups is 1. The molecule has 0 aromatic rings. The standard InChI is InChI=1S/C12H24N4O/c1-15-6-8-16(9-7-15)14-12(17)10-13-11-4-2-3-5-11/h11,13H,2-10H2,1H3,(H,14,17). The molecule has 1 amide bonds. The highest BCUT2D eigenvalue weighted by atomic mass is 16.2. The van der Waals surface area contributed by atoms with Crippen LogP contribution in [0.25, 0.3) is 0 Å². The summed E-state index contributed by atoms with van der Waals surface area (Å²) in [4.78, 5) is 14.0. The summed E-state index contributed by atoms with van der Waals surface area (Å²) in [5.41, 5.74) is 2.97. The topological polar surface area (TPSA) is 47.6 Å². The Hall–Kier alpha value is -0.650. The van der Waals surface area contributed by atoms with E-state index >= 15 is 0 Å².